The fourth-order valence-corrected chi connectivity index (χ4v) is 3.58. The Balaban J connectivity index is 2.45. The Morgan fingerprint density at radius 3 is 1.79 bits per heavy atom. The first kappa shape index (κ1) is 22.5. The molecule has 0 unspecified atom stereocenters. The minimum atomic E-state index is -4.21. The second kappa shape index (κ2) is 8.68. The van der Waals surface area contributed by atoms with Gasteiger partial charge in [-0.15, -0.1) is 0 Å². The Hall–Kier alpha value is -2.82. The average Bonchev–Trinajstić information content (AvgIpc) is 2.69. The minimum Gasteiger partial charge on any atom is -0.493 e. The fraction of sp³-hybridized carbons (Fsp3) is 0.222. The summed E-state index contributed by atoms with van der Waals surface area (Å²) in [6.07, 6.45) is 0.304. The molecule has 2 aromatic rings. The Kier molecular flexibility index (Phi) is 6.73. The molecule has 0 aliphatic rings. The van der Waals surface area contributed by atoms with Gasteiger partial charge in [0.15, 0.2) is 44.6 Å². The van der Waals surface area contributed by atoms with Crippen molar-refractivity contribution in [3.05, 3.63) is 57.8 Å². The molecule has 158 valence electrons. The van der Waals surface area contributed by atoms with E-state index in [9.17, 15) is 30.4 Å². The fourth-order valence-electron chi connectivity index (χ4n) is 2.48. The van der Waals surface area contributed by atoms with Crippen LogP contribution in [0.5, 0.6) is 17.2 Å². The Morgan fingerprint density at radius 2 is 1.31 bits per heavy atom. The first-order valence-electron chi connectivity index (χ1n) is 7.78. The highest BCUT2D eigenvalue weighted by Gasteiger charge is 2.25. The van der Waals surface area contributed by atoms with Crippen molar-refractivity contribution in [1.29, 1.82) is 0 Å². The van der Waals surface area contributed by atoms with E-state index in [2.05, 4.69) is 0 Å². The van der Waals surface area contributed by atoms with Crippen LogP contribution in [0.4, 0.5) is 22.0 Å². The van der Waals surface area contributed by atoms with Crippen LogP contribution in [0.2, 0.25) is 0 Å². The van der Waals surface area contributed by atoms with Crippen molar-refractivity contribution in [3.63, 3.8) is 0 Å². The van der Waals surface area contributed by atoms with E-state index in [0.29, 0.717) is 11.5 Å². The summed E-state index contributed by atoms with van der Waals surface area (Å²) in [6.45, 7) is 0. The van der Waals surface area contributed by atoms with Crippen molar-refractivity contribution < 1.29 is 44.6 Å². The number of rotatable bonds is 7. The molecule has 0 saturated carbocycles. The van der Waals surface area contributed by atoms with Crippen LogP contribution in [0.1, 0.15) is 11.1 Å². The average molecular weight is 438 g/mol. The van der Waals surface area contributed by atoms with Crippen LogP contribution in [0.3, 0.4) is 0 Å². The van der Waals surface area contributed by atoms with Gasteiger partial charge in [0.25, 0.3) is 0 Å². The number of sulfone groups is 1. The van der Waals surface area contributed by atoms with Crippen LogP contribution < -0.4 is 14.2 Å². The number of hydrogen-bond acceptors (Lipinski definition) is 5. The summed E-state index contributed by atoms with van der Waals surface area (Å²) in [7, 11) is -0.277. The maximum absolute atomic E-state index is 13.7. The summed E-state index contributed by atoms with van der Waals surface area (Å²) in [6, 6.07) is 2.78. The van der Waals surface area contributed by atoms with Crippen LogP contribution in [-0.2, 0) is 15.6 Å². The molecule has 0 saturated heterocycles. The van der Waals surface area contributed by atoms with E-state index in [4.69, 9.17) is 14.2 Å². The molecule has 2 aromatic carbocycles. The maximum atomic E-state index is 13.7. The molecule has 0 heterocycles. The highest BCUT2D eigenvalue weighted by molar-refractivity contribution is 7.93. The first-order valence-corrected chi connectivity index (χ1v) is 9.49. The molecule has 11 heteroatoms. The highest BCUT2D eigenvalue weighted by Crippen LogP contribution is 2.40. The lowest BCUT2D eigenvalue weighted by molar-refractivity contribution is 0.323. The second-order valence-electron chi connectivity index (χ2n) is 5.59. The van der Waals surface area contributed by atoms with Gasteiger partial charge in [0, 0.05) is 11.0 Å². The van der Waals surface area contributed by atoms with E-state index in [1.807, 2.05) is 0 Å². The van der Waals surface area contributed by atoms with Crippen molar-refractivity contribution in [1.82, 2.24) is 0 Å². The third-order valence-electron chi connectivity index (χ3n) is 3.83. The van der Waals surface area contributed by atoms with Gasteiger partial charge < -0.3 is 14.2 Å². The number of methoxy groups -OCH3 is 3. The summed E-state index contributed by atoms with van der Waals surface area (Å²) >= 11 is 0. The van der Waals surface area contributed by atoms with Crippen molar-refractivity contribution in [3.8, 4) is 17.2 Å². The topological polar surface area (TPSA) is 61.8 Å². The Bertz CT molecular complexity index is 1040. The normalized spacial score (nSPS) is 11.7. The van der Waals surface area contributed by atoms with Crippen molar-refractivity contribution in [2.75, 3.05) is 21.3 Å². The van der Waals surface area contributed by atoms with E-state index < -0.39 is 50.2 Å². The molecule has 0 N–H and O–H groups in total. The Labute approximate surface area is 163 Å². The number of halogens is 5. The molecular weight excluding hydrogens is 423 g/mol. The standard InChI is InChI=1S/C18H15F5O5S/c1-26-11-5-4-9(17(27-2)18(11)28-3)8-29(24,25)7-6-10-12(19)14(21)16(23)15(22)13(10)20/h4-7H,8H2,1-3H3. The van der Waals surface area contributed by atoms with Crippen LogP contribution in [-0.4, -0.2) is 29.7 Å². The van der Waals surface area contributed by atoms with Crippen molar-refractivity contribution in [2.45, 2.75) is 5.75 Å². The monoisotopic (exact) mass is 438 g/mol. The smallest absolute Gasteiger partial charge is 0.203 e. The summed E-state index contributed by atoms with van der Waals surface area (Å²) in [5.41, 5.74) is -1.25. The molecule has 0 atom stereocenters. The first-order chi connectivity index (χ1) is 13.6. The largest absolute Gasteiger partial charge is 0.493 e. The molecule has 29 heavy (non-hydrogen) atoms. The van der Waals surface area contributed by atoms with Gasteiger partial charge in [-0.3, -0.25) is 0 Å². The minimum absolute atomic E-state index is 0.0417. The molecule has 2 rings (SSSR count). The Morgan fingerprint density at radius 1 is 0.793 bits per heavy atom. The van der Waals surface area contributed by atoms with Crippen molar-refractivity contribution in [2.24, 2.45) is 0 Å². The molecule has 0 fully saturated rings. The van der Waals surface area contributed by atoms with Crippen molar-refractivity contribution >= 4 is 15.9 Å². The highest BCUT2D eigenvalue weighted by atomic mass is 32.2. The quantitative estimate of drug-likeness (QED) is 0.372. The summed E-state index contributed by atoms with van der Waals surface area (Å²) in [5.74, 6) is -11.3. The number of benzene rings is 2. The molecule has 5 nitrogen and oxygen atoms in total. The molecule has 0 radical (unpaired) electrons. The van der Waals surface area contributed by atoms with E-state index in [0.717, 1.165) is 0 Å². The lowest BCUT2D eigenvalue weighted by Gasteiger charge is -2.15. The molecule has 0 bridgehead atoms. The SMILES string of the molecule is COc1ccc(CS(=O)(=O)C=Cc2c(F)c(F)c(F)c(F)c2F)c(OC)c1OC. The van der Waals surface area contributed by atoms with Gasteiger partial charge in [-0.2, -0.15) is 0 Å². The van der Waals surface area contributed by atoms with Gasteiger partial charge in [-0.1, -0.05) is 6.07 Å². The van der Waals surface area contributed by atoms with Crippen LogP contribution in [0.15, 0.2) is 17.5 Å². The zero-order valence-corrected chi connectivity index (χ0v) is 16.2. The van der Waals surface area contributed by atoms with E-state index in [1.54, 1.807) is 0 Å². The molecule has 0 aliphatic carbocycles. The number of ether oxygens (including phenoxy) is 3. The van der Waals surface area contributed by atoms with Gasteiger partial charge in [0.1, 0.15) is 0 Å². The van der Waals surface area contributed by atoms with E-state index in [-0.39, 0.29) is 22.8 Å². The van der Waals surface area contributed by atoms with Crippen LogP contribution in [0.25, 0.3) is 6.08 Å². The maximum Gasteiger partial charge on any atom is 0.203 e. The number of hydrogen-bond donors (Lipinski definition) is 0. The van der Waals surface area contributed by atoms with E-state index in [1.165, 1.54) is 33.5 Å². The summed E-state index contributed by atoms with van der Waals surface area (Å²) in [4.78, 5) is 0. The molecular formula is C18H15F5O5S. The third-order valence-corrected chi connectivity index (χ3v) is 5.09. The second-order valence-corrected chi connectivity index (χ2v) is 7.47. The molecule has 0 amide bonds. The zero-order valence-electron chi connectivity index (χ0n) is 15.4. The summed E-state index contributed by atoms with van der Waals surface area (Å²) in [5, 5.41) is 0.349. The van der Waals surface area contributed by atoms with Gasteiger partial charge in [-0.25, -0.2) is 30.4 Å². The zero-order chi connectivity index (χ0) is 21.9. The predicted molar refractivity (Wildman–Crippen MR) is 94.0 cm³/mol. The lowest BCUT2D eigenvalue weighted by atomic mass is 10.1. The summed E-state index contributed by atoms with van der Waals surface area (Å²) < 4.78 is 107. The van der Waals surface area contributed by atoms with Crippen LogP contribution in [0, 0.1) is 29.1 Å². The van der Waals surface area contributed by atoms with Crippen LogP contribution >= 0.6 is 0 Å². The molecule has 0 aromatic heterocycles. The lowest BCUT2D eigenvalue weighted by Crippen LogP contribution is -2.06. The molecule has 0 spiro atoms. The van der Waals surface area contributed by atoms with Gasteiger partial charge in [0.2, 0.25) is 11.6 Å². The predicted octanol–water partition coefficient (Wildman–Crippen LogP) is 3.99. The van der Waals surface area contributed by atoms with Gasteiger partial charge in [0.05, 0.1) is 32.6 Å². The third kappa shape index (κ3) is 4.44. The molecule has 0 aliphatic heterocycles. The van der Waals surface area contributed by atoms with E-state index >= 15 is 0 Å². The van der Waals surface area contributed by atoms with Gasteiger partial charge in [-0.05, 0) is 12.1 Å². The van der Waals surface area contributed by atoms with Gasteiger partial charge >= 0.3 is 0 Å².